The molecule has 0 saturated carbocycles. The van der Waals surface area contributed by atoms with Crippen molar-refractivity contribution in [3.05, 3.63) is 0 Å². The van der Waals surface area contributed by atoms with Crippen molar-refractivity contribution in [3.63, 3.8) is 0 Å². The molecule has 0 unspecified atom stereocenters. The van der Waals surface area contributed by atoms with Crippen molar-refractivity contribution in [2.45, 2.75) is 6.42 Å². The quantitative estimate of drug-likeness (QED) is 0.446. The monoisotopic (exact) mass is 264 g/mol. The first-order chi connectivity index (χ1) is 6.27. The Labute approximate surface area is 88.9 Å². The molecule has 0 spiro atoms. The van der Waals surface area contributed by atoms with Gasteiger partial charge in [-0.05, 0) is 6.42 Å². The largest absolute Gasteiger partial charge is 0.229 e. The average Bonchev–Trinajstić information content (AvgIpc) is 1.96. The van der Waals surface area contributed by atoms with Gasteiger partial charge in [-0.25, -0.2) is 26.7 Å². The van der Waals surface area contributed by atoms with E-state index in [1.807, 2.05) is 0 Å². The molecule has 0 aliphatic heterocycles. The molecule has 0 aliphatic carbocycles. The van der Waals surface area contributed by atoms with E-state index in [0.29, 0.717) is 0 Å². The van der Waals surface area contributed by atoms with E-state index >= 15 is 0 Å². The number of hydrogen-bond donors (Lipinski definition) is 2. The summed E-state index contributed by atoms with van der Waals surface area (Å²) in [5.41, 5.74) is 0. The van der Waals surface area contributed by atoms with E-state index in [0.717, 1.165) is 0 Å². The summed E-state index contributed by atoms with van der Waals surface area (Å²) < 4.78 is 45.1. The summed E-state index contributed by atoms with van der Waals surface area (Å²) >= 11 is 5.24. The molecule has 14 heavy (non-hydrogen) atoms. The van der Waals surface area contributed by atoms with E-state index in [2.05, 4.69) is 4.72 Å². The first-order valence-corrected chi connectivity index (χ1v) is 7.71. The minimum absolute atomic E-state index is 0.00448. The van der Waals surface area contributed by atoms with E-state index in [4.69, 9.17) is 16.7 Å². The zero-order valence-corrected chi connectivity index (χ0v) is 9.83. The van der Waals surface area contributed by atoms with Gasteiger partial charge < -0.3 is 0 Å². The van der Waals surface area contributed by atoms with Gasteiger partial charge in [-0.1, -0.05) is 0 Å². The van der Waals surface area contributed by atoms with E-state index in [1.54, 1.807) is 0 Å². The van der Waals surface area contributed by atoms with Crippen LogP contribution in [0.25, 0.3) is 0 Å². The normalized spacial score (nSPS) is 13.0. The number of rotatable bonds is 7. The Morgan fingerprint density at radius 3 is 2.14 bits per heavy atom. The molecule has 9 heteroatoms. The molecule has 0 amide bonds. The fourth-order valence-electron chi connectivity index (χ4n) is 0.675. The first kappa shape index (κ1) is 14.1. The molecule has 0 fully saturated rings. The van der Waals surface area contributed by atoms with Gasteiger partial charge in [0.25, 0.3) is 0 Å². The molecular formula is C5H13ClN2O4S2. The molecule has 0 aromatic carbocycles. The second kappa shape index (κ2) is 5.86. The molecule has 0 aromatic heterocycles. The van der Waals surface area contributed by atoms with Crippen molar-refractivity contribution in [2.75, 3.05) is 23.9 Å². The summed E-state index contributed by atoms with van der Waals surface area (Å²) in [7, 11) is -6.88. The zero-order chi connectivity index (χ0) is 11.2. The Morgan fingerprint density at radius 2 is 1.71 bits per heavy atom. The van der Waals surface area contributed by atoms with Crippen LogP contribution in [0.1, 0.15) is 6.42 Å². The fourth-order valence-corrected chi connectivity index (χ4v) is 2.63. The predicted molar refractivity (Wildman–Crippen MR) is 55.1 cm³/mol. The lowest BCUT2D eigenvalue weighted by Gasteiger charge is -2.03. The Bertz CT molecular complexity index is 350. The molecular weight excluding hydrogens is 252 g/mol. The number of nitrogens with two attached hydrogens (primary N) is 1. The standard InChI is InChI=1S/C5H13ClN2O4S2/c6-2-5-14(11,12)8-3-1-4-13(7,9)10/h8H,1-5H2,(H2,7,9,10). The van der Waals surface area contributed by atoms with Crippen LogP contribution in [0.3, 0.4) is 0 Å². The lowest BCUT2D eigenvalue weighted by atomic mass is 10.5. The van der Waals surface area contributed by atoms with E-state index in [1.165, 1.54) is 0 Å². The van der Waals surface area contributed by atoms with Gasteiger partial charge in [0.1, 0.15) is 0 Å². The van der Waals surface area contributed by atoms with E-state index < -0.39 is 20.0 Å². The van der Waals surface area contributed by atoms with Gasteiger partial charge in [-0.3, -0.25) is 0 Å². The second-order valence-electron chi connectivity index (χ2n) is 2.62. The smallest absolute Gasteiger partial charge is 0.212 e. The Kier molecular flexibility index (Phi) is 5.91. The third-order valence-corrected chi connectivity index (χ3v) is 3.93. The van der Waals surface area contributed by atoms with Crippen LogP contribution in [0.5, 0.6) is 0 Å². The molecule has 0 saturated heterocycles. The number of alkyl halides is 1. The molecule has 0 bridgehead atoms. The minimum Gasteiger partial charge on any atom is -0.229 e. The van der Waals surface area contributed by atoms with Gasteiger partial charge in [0.15, 0.2) is 0 Å². The third kappa shape index (κ3) is 8.70. The predicted octanol–water partition coefficient (Wildman–Crippen LogP) is -1.18. The van der Waals surface area contributed by atoms with Crippen LogP contribution in [-0.4, -0.2) is 40.8 Å². The van der Waals surface area contributed by atoms with Crippen molar-refractivity contribution in [2.24, 2.45) is 5.14 Å². The van der Waals surface area contributed by atoms with Crippen LogP contribution in [0.2, 0.25) is 0 Å². The Morgan fingerprint density at radius 1 is 1.14 bits per heavy atom. The summed E-state index contributed by atoms with van der Waals surface area (Å²) in [6.45, 7) is 0.0512. The van der Waals surface area contributed by atoms with Gasteiger partial charge in [0.2, 0.25) is 20.0 Å². The summed E-state index contributed by atoms with van der Waals surface area (Å²) in [6, 6.07) is 0. The SMILES string of the molecule is NS(=O)(=O)CCCNS(=O)(=O)CCCl. The highest BCUT2D eigenvalue weighted by Crippen LogP contribution is 1.89. The molecule has 0 atom stereocenters. The zero-order valence-electron chi connectivity index (χ0n) is 7.44. The second-order valence-corrected chi connectivity index (χ2v) is 6.66. The maximum absolute atomic E-state index is 11.0. The number of nitrogens with one attached hydrogen (secondary N) is 1. The van der Waals surface area contributed by atoms with Gasteiger partial charge in [-0.15, -0.1) is 11.6 Å². The lowest BCUT2D eigenvalue weighted by Crippen LogP contribution is -2.29. The topological polar surface area (TPSA) is 106 Å². The van der Waals surface area contributed by atoms with Crippen molar-refractivity contribution < 1.29 is 16.8 Å². The highest BCUT2D eigenvalue weighted by molar-refractivity contribution is 7.89. The maximum Gasteiger partial charge on any atom is 0.212 e. The summed E-state index contributed by atoms with van der Waals surface area (Å²) in [6.07, 6.45) is 0.153. The molecule has 6 nitrogen and oxygen atoms in total. The molecule has 0 aromatic rings. The molecule has 0 rings (SSSR count). The third-order valence-electron chi connectivity index (χ3n) is 1.27. The van der Waals surface area contributed by atoms with Crippen LogP contribution in [0, 0.1) is 0 Å². The lowest BCUT2D eigenvalue weighted by molar-refractivity contribution is 0.578. The van der Waals surface area contributed by atoms with Crippen molar-refractivity contribution in [1.29, 1.82) is 0 Å². The molecule has 0 aliphatic rings. The molecule has 3 N–H and O–H groups in total. The van der Waals surface area contributed by atoms with Crippen LogP contribution in [0.15, 0.2) is 0 Å². The van der Waals surface area contributed by atoms with E-state index in [-0.39, 0.29) is 30.4 Å². The minimum atomic E-state index is -3.52. The maximum atomic E-state index is 11.0. The van der Waals surface area contributed by atoms with Crippen LogP contribution < -0.4 is 9.86 Å². The molecule has 0 heterocycles. The van der Waals surface area contributed by atoms with Crippen LogP contribution in [-0.2, 0) is 20.0 Å². The average molecular weight is 265 g/mol. The summed E-state index contributed by atoms with van der Waals surface area (Å²) in [4.78, 5) is 0. The fraction of sp³-hybridized carbons (Fsp3) is 1.00. The number of primary sulfonamides is 1. The van der Waals surface area contributed by atoms with Gasteiger partial charge >= 0.3 is 0 Å². The number of sulfonamides is 2. The van der Waals surface area contributed by atoms with Gasteiger partial charge in [0, 0.05) is 12.4 Å². The summed E-state index contributed by atoms with van der Waals surface area (Å²) in [5, 5.41) is 4.72. The first-order valence-electron chi connectivity index (χ1n) is 3.80. The summed E-state index contributed by atoms with van der Waals surface area (Å²) in [5.74, 6) is -0.412. The van der Waals surface area contributed by atoms with Crippen LogP contribution in [0.4, 0.5) is 0 Å². The number of halogens is 1. The number of hydrogen-bond acceptors (Lipinski definition) is 4. The van der Waals surface area contributed by atoms with Crippen molar-refractivity contribution in [3.8, 4) is 0 Å². The van der Waals surface area contributed by atoms with E-state index in [9.17, 15) is 16.8 Å². The van der Waals surface area contributed by atoms with Gasteiger partial charge in [-0.2, -0.15) is 0 Å². The Balaban J connectivity index is 3.76. The Hall–Kier alpha value is 0.110. The molecule has 0 radical (unpaired) electrons. The van der Waals surface area contributed by atoms with Crippen LogP contribution >= 0.6 is 11.6 Å². The molecule has 86 valence electrons. The van der Waals surface area contributed by atoms with Crippen molar-refractivity contribution in [1.82, 2.24) is 4.72 Å². The van der Waals surface area contributed by atoms with Gasteiger partial charge in [0.05, 0.1) is 11.5 Å². The van der Waals surface area contributed by atoms with Crippen molar-refractivity contribution >= 4 is 31.6 Å². The highest BCUT2D eigenvalue weighted by Gasteiger charge is 2.09. The highest BCUT2D eigenvalue weighted by atomic mass is 35.5.